The van der Waals surface area contributed by atoms with E-state index in [2.05, 4.69) is 36.7 Å². The minimum Gasteiger partial charge on any atom is -0.373 e. The Labute approximate surface area is 121 Å². The molecule has 1 unspecified atom stereocenters. The summed E-state index contributed by atoms with van der Waals surface area (Å²) in [4.78, 5) is 1.43. The molecule has 2 rings (SSSR count). The van der Waals surface area contributed by atoms with Gasteiger partial charge in [0.2, 0.25) is 0 Å². The number of likely N-dealkylation sites (N-methyl/N-ethyl adjacent to an activating group) is 1. The fraction of sp³-hybridized carbons (Fsp3) is 0.750. The van der Waals surface area contributed by atoms with Gasteiger partial charge in [0.05, 0.1) is 11.6 Å². The lowest BCUT2D eigenvalue weighted by atomic mass is 9.85. The highest BCUT2D eigenvalue weighted by molar-refractivity contribution is 7.10. The van der Waals surface area contributed by atoms with Crippen LogP contribution in [0.1, 0.15) is 63.3 Å². The van der Waals surface area contributed by atoms with E-state index in [1.807, 2.05) is 11.3 Å². The number of rotatable bonds is 6. The van der Waals surface area contributed by atoms with Crippen molar-refractivity contribution in [2.75, 3.05) is 13.2 Å². The van der Waals surface area contributed by atoms with Gasteiger partial charge >= 0.3 is 0 Å². The highest BCUT2D eigenvalue weighted by Gasteiger charge is 2.40. The maximum atomic E-state index is 6.33. The fourth-order valence-corrected chi connectivity index (χ4v) is 4.24. The van der Waals surface area contributed by atoms with Crippen molar-refractivity contribution in [2.24, 2.45) is 0 Å². The van der Waals surface area contributed by atoms with Gasteiger partial charge in [-0.05, 0) is 37.8 Å². The minimum atomic E-state index is 0.00606. The standard InChI is InChI=1S/C16H27NOS/c1-3-17-15(14-10-9-13-19-14)16(18-4-2)11-7-5-6-8-12-16/h9-10,13,15,17H,3-8,11-12H2,1-2H3. The van der Waals surface area contributed by atoms with Gasteiger partial charge in [0, 0.05) is 11.5 Å². The molecule has 0 bridgehead atoms. The lowest BCUT2D eigenvalue weighted by Crippen LogP contribution is -2.45. The Morgan fingerprint density at radius 1 is 1.26 bits per heavy atom. The number of thiophene rings is 1. The van der Waals surface area contributed by atoms with E-state index in [4.69, 9.17) is 4.74 Å². The molecular weight excluding hydrogens is 254 g/mol. The lowest BCUT2D eigenvalue weighted by Gasteiger charge is -2.40. The summed E-state index contributed by atoms with van der Waals surface area (Å²) in [5.41, 5.74) is 0.00606. The summed E-state index contributed by atoms with van der Waals surface area (Å²) in [5, 5.41) is 5.87. The zero-order chi connectivity index (χ0) is 13.6. The van der Waals surface area contributed by atoms with Crippen LogP contribution in [-0.2, 0) is 4.74 Å². The summed E-state index contributed by atoms with van der Waals surface area (Å²) in [6.07, 6.45) is 7.70. The maximum absolute atomic E-state index is 6.33. The molecule has 0 spiro atoms. The van der Waals surface area contributed by atoms with Crippen LogP contribution in [0.5, 0.6) is 0 Å². The van der Waals surface area contributed by atoms with Crippen LogP contribution in [0.4, 0.5) is 0 Å². The molecule has 1 saturated carbocycles. The van der Waals surface area contributed by atoms with Crippen LogP contribution in [0, 0.1) is 0 Å². The molecule has 1 N–H and O–H groups in total. The van der Waals surface area contributed by atoms with Crippen LogP contribution in [0.3, 0.4) is 0 Å². The lowest BCUT2D eigenvalue weighted by molar-refractivity contribution is -0.0771. The number of hydrogen-bond donors (Lipinski definition) is 1. The molecule has 1 heterocycles. The maximum Gasteiger partial charge on any atom is 0.0884 e. The van der Waals surface area contributed by atoms with Crippen molar-refractivity contribution < 1.29 is 4.74 Å². The molecule has 0 aliphatic heterocycles. The SMILES string of the molecule is CCNC(c1cccs1)C1(OCC)CCCCCC1. The van der Waals surface area contributed by atoms with E-state index in [1.54, 1.807) is 0 Å². The van der Waals surface area contributed by atoms with Crippen LogP contribution in [0.15, 0.2) is 17.5 Å². The average Bonchev–Trinajstić information content (AvgIpc) is 2.83. The van der Waals surface area contributed by atoms with Crippen molar-refractivity contribution in [3.8, 4) is 0 Å². The Kier molecular flexibility index (Phi) is 5.86. The molecule has 2 nitrogen and oxygen atoms in total. The molecule has 19 heavy (non-hydrogen) atoms. The molecule has 0 aromatic carbocycles. The van der Waals surface area contributed by atoms with E-state index in [0.29, 0.717) is 6.04 Å². The number of ether oxygens (including phenoxy) is 1. The highest BCUT2D eigenvalue weighted by atomic mass is 32.1. The first-order chi connectivity index (χ1) is 9.32. The van der Waals surface area contributed by atoms with Gasteiger partial charge < -0.3 is 10.1 Å². The third-order valence-electron chi connectivity index (χ3n) is 4.14. The van der Waals surface area contributed by atoms with Gasteiger partial charge in [-0.3, -0.25) is 0 Å². The van der Waals surface area contributed by atoms with Crippen molar-refractivity contribution in [1.82, 2.24) is 5.32 Å². The summed E-state index contributed by atoms with van der Waals surface area (Å²) in [7, 11) is 0. The molecule has 1 aromatic heterocycles. The molecule has 3 heteroatoms. The monoisotopic (exact) mass is 281 g/mol. The molecule has 1 atom stereocenters. The summed E-state index contributed by atoms with van der Waals surface area (Å²) in [6.45, 7) is 6.13. The summed E-state index contributed by atoms with van der Waals surface area (Å²) >= 11 is 1.85. The smallest absolute Gasteiger partial charge is 0.0884 e. The summed E-state index contributed by atoms with van der Waals surface area (Å²) in [6, 6.07) is 4.76. The first-order valence-corrected chi connectivity index (χ1v) is 8.61. The second-order valence-electron chi connectivity index (χ2n) is 5.42. The van der Waals surface area contributed by atoms with Gasteiger partial charge in [0.25, 0.3) is 0 Å². The van der Waals surface area contributed by atoms with Crippen molar-refractivity contribution in [3.05, 3.63) is 22.4 Å². The third kappa shape index (κ3) is 3.59. The predicted molar refractivity (Wildman–Crippen MR) is 82.8 cm³/mol. The van der Waals surface area contributed by atoms with E-state index >= 15 is 0 Å². The van der Waals surface area contributed by atoms with Gasteiger partial charge in [-0.15, -0.1) is 11.3 Å². The van der Waals surface area contributed by atoms with Gasteiger partial charge in [-0.2, -0.15) is 0 Å². The third-order valence-corrected chi connectivity index (χ3v) is 5.08. The Morgan fingerprint density at radius 2 is 2.00 bits per heavy atom. The van der Waals surface area contributed by atoms with Crippen molar-refractivity contribution in [2.45, 2.75) is 64.0 Å². The van der Waals surface area contributed by atoms with Gasteiger partial charge in [0.1, 0.15) is 0 Å². The first kappa shape index (κ1) is 15.0. The van der Waals surface area contributed by atoms with Crippen molar-refractivity contribution in [1.29, 1.82) is 0 Å². The van der Waals surface area contributed by atoms with Crippen molar-refractivity contribution in [3.63, 3.8) is 0 Å². The Balaban J connectivity index is 2.26. The quantitative estimate of drug-likeness (QED) is 0.774. The fourth-order valence-electron chi connectivity index (χ4n) is 3.34. The number of hydrogen-bond acceptors (Lipinski definition) is 3. The van der Waals surface area contributed by atoms with Crippen LogP contribution >= 0.6 is 11.3 Å². The normalized spacial score (nSPS) is 20.9. The largest absolute Gasteiger partial charge is 0.373 e. The molecular formula is C16H27NOS. The van der Waals surface area contributed by atoms with E-state index in [9.17, 15) is 0 Å². The van der Waals surface area contributed by atoms with Gasteiger partial charge in [-0.1, -0.05) is 38.7 Å². The van der Waals surface area contributed by atoms with Crippen molar-refractivity contribution >= 4 is 11.3 Å². The molecule has 0 amide bonds. The first-order valence-electron chi connectivity index (χ1n) is 7.73. The molecule has 1 aliphatic rings. The average molecular weight is 281 g/mol. The molecule has 1 fully saturated rings. The second kappa shape index (κ2) is 7.41. The molecule has 1 aromatic rings. The van der Waals surface area contributed by atoms with Gasteiger partial charge in [-0.25, -0.2) is 0 Å². The minimum absolute atomic E-state index is 0.00606. The summed E-state index contributed by atoms with van der Waals surface area (Å²) in [5.74, 6) is 0. The van der Waals surface area contributed by atoms with E-state index in [1.165, 1.54) is 43.4 Å². The van der Waals surface area contributed by atoms with Crippen LogP contribution in [0.25, 0.3) is 0 Å². The predicted octanol–water partition coefficient (Wildman–Crippen LogP) is 4.53. The zero-order valence-electron chi connectivity index (χ0n) is 12.3. The zero-order valence-corrected chi connectivity index (χ0v) is 13.1. The highest BCUT2D eigenvalue weighted by Crippen LogP contribution is 2.41. The molecule has 108 valence electrons. The van der Waals surface area contributed by atoms with Gasteiger partial charge in [0.15, 0.2) is 0 Å². The Hall–Kier alpha value is -0.380. The van der Waals surface area contributed by atoms with Crippen LogP contribution in [-0.4, -0.2) is 18.8 Å². The van der Waals surface area contributed by atoms with E-state index in [0.717, 1.165) is 13.2 Å². The van der Waals surface area contributed by atoms with E-state index in [-0.39, 0.29) is 5.60 Å². The second-order valence-corrected chi connectivity index (χ2v) is 6.40. The summed E-state index contributed by atoms with van der Waals surface area (Å²) < 4.78 is 6.33. The molecule has 1 aliphatic carbocycles. The molecule has 0 saturated heterocycles. The molecule has 0 radical (unpaired) electrons. The van der Waals surface area contributed by atoms with Crippen LogP contribution < -0.4 is 5.32 Å². The Bertz CT molecular complexity index is 342. The number of nitrogens with one attached hydrogen (secondary N) is 1. The van der Waals surface area contributed by atoms with Crippen LogP contribution in [0.2, 0.25) is 0 Å². The topological polar surface area (TPSA) is 21.3 Å². The van der Waals surface area contributed by atoms with E-state index < -0.39 is 0 Å². The Morgan fingerprint density at radius 3 is 2.53 bits per heavy atom.